The van der Waals surface area contributed by atoms with Crippen LogP contribution in [0.5, 0.6) is 0 Å². The number of urea groups is 1. The van der Waals surface area contributed by atoms with Gasteiger partial charge >= 0.3 is 6.03 Å². The number of carbonyl (C=O) groups is 2. The first-order valence-corrected chi connectivity index (χ1v) is 10.4. The number of para-hydroxylation sites is 1. The highest BCUT2D eigenvalue weighted by Gasteiger charge is 2.32. The Hall–Kier alpha value is -2.19. The monoisotopic (exact) mass is 407 g/mol. The Balaban J connectivity index is 1.41. The van der Waals surface area contributed by atoms with Crippen LogP contribution in [0.25, 0.3) is 0 Å². The zero-order valence-corrected chi connectivity index (χ0v) is 16.5. The van der Waals surface area contributed by atoms with Crippen molar-refractivity contribution in [1.82, 2.24) is 10.6 Å². The van der Waals surface area contributed by atoms with E-state index in [-0.39, 0.29) is 36.3 Å². The van der Waals surface area contributed by atoms with Crippen LogP contribution >= 0.6 is 0 Å². The molecule has 1 heterocycles. The topological polar surface area (TPSA) is 99.7 Å². The van der Waals surface area contributed by atoms with Crippen LogP contribution in [-0.2, 0) is 9.53 Å². The van der Waals surface area contributed by atoms with Crippen molar-refractivity contribution in [2.75, 3.05) is 18.5 Å². The Labute approximate surface area is 170 Å². The molecular formula is C21H30FN3O4. The third kappa shape index (κ3) is 6.14. The lowest BCUT2D eigenvalue weighted by atomic mass is 9.97. The molecule has 160 valence electrons. The quantitative estimate of drug-likeness (QED) is 0.558. The molecule has 29 heavy (non-hydrogen) atoms. The van der Waals surface area contributed by atoms with E-state index in [4.69, 9.17) is 4.74 Å². The van der Waals surface area contributed by atoms with Gasteiger partial charge in [-0.3, -0.25) is 4.79 Å². The van der Waals surface area contributed by atoms with Gasteiger partial charge in [-0.1, -0.05) is 25.0 Å². The number of carbonyl (C=O) groups excluding carboxylic acids is 2. The van der Waals surface area contributed by atoms with Crippen molar-refractivity contribution in [3.05, 3.63) is 30.1 Å². The van der Waals surface area contributed by atoms with Crippen LogP contribution in [0, 0.1) is 11.7 Å². The smallest absolute Gasteiger partial charge is 0.319 e. The van der Waals surface area contributed by atoms with Crippen LogP contribution in [0.4, 0.5) is 14.9 Å². The summed E-state index contributed by atoms with van der Waals surface area (Å²) in [5.74, 6) is -0.239. The zero-order valence-electron chi connectivity index (χ0n) is 16.5. The molecule has 3 rings (SSSR count). The van der Waals surface area contributed by atoms with Crippen LogP contribution in [-0.4, -0.2) is 48.4 Å². The molecule has 1 saturated carbocycles. The van der Waals surface area contributed by atoms with Crippen molar-refractivity contribution in [2.24, 2.45) is 5.92 Å². The number of nitrogens with one attached hydrogen (secondary N) is 3. The highest BCUT2D eigenvalue weighted by Crippen LogP contribution is 2.25. The predicted octanol–water partition coefficient (Wildman–Crippen LogP) is 2.55. The summed E-state index contributed by atoms with van der Waals surface area (Å²) in [6.45, 7) is 0.319. The van der Waals surface area contributed by atoms with Crippen molar-refractivity contribution in [1.29, 1.82) is 0 Å². The average molecular weight is 407 g/mol. The normalized spacial score (nSPS) is 24.8. The second-order valence-corrected chi connectivity index (χ2v) is 7.80. The molecule has 0 radical (unpaired) electrons. The van der Waals surface area contributed by atoms with Gasteiger partial charge in [-0.05, 0) is 44.2 Å². The largest absolute Gasteiger partial charge is 0.394 e. The van der Waals surface area contributed by atoms with Gasteiger partial charge in [0.15, 0.2) is 0 Å². The lowest BCUT2D eigenvalue weighted by Crippen LogP contribution is -2.52. The van der Waals surface area contributed by atoms with Crippen LogP contribution in [0.2, 0.25) is 0 Å². The summed E-state index contributed by atoms with van der Waals surface area (Å²) in [7, 11) is 0. The Morgan fingerprint density at radius 2 is 1.90 bits per heavy atom. The first-order chi connectivity index (χ1) is 14.1. The molecule has 0 aromatic heterocycles. The number of halogens is 1. The summed E-state index contributed by atoms with van der Waals surface area (Å²) in [5, 5.41) is 17.9. The maximum atomic E-state index is 13.7. The van der Waals surface area contributed by atoms with E-state index in [1.807, 2.05) is 0 Å². The Morgan fingerprint density at radius 1 is 1.14 bits per heavy atom. The molecule has 3 atom stereocenters. The summed E-state index contributed by atoms with van der Waals surface area (Å²) >= 11 is 0. The molecule has 1 aromatic carbocycles. The molecule has 1 aliphatic heterocycles. The minimum Gasteiger partial charge on any atom is -0.394 e. The van der Waals surface area contributed by atoms with Gasteiger partial charge in [-0.2, -0.15) is 0 Å². The molecule has 0 unspecified atom stereocenters. The molecular weight excluding hydrogens is 377 g/mol. The van der Waals surface area contributed by atoms with E-state index in [0.29, 0.717) is 25.8 Å². The summed E-state index contributed by atoms with van der Waals surface area (Å²) < 4.78 is 19.6. The first kappa shape index (κ1) is 21.5. The molecule has 0 bridgehead atoms. The van der Waals surface area contributed by atoms with Gasteiger partial charge in [0.05, 0.1) is 24.4 Å². The molecule has 0 spiro atoms. The Morgan fingerprint density at radius 3 is 2.62 bits per heavy atom. The van der Waals surface area contributed by atoms with Crippen LogP contribution in [0.3, 0.4) is 0 Å². The number of hydrogen-bond donors (Lipinski definition) is 4. The van der Waals surface area contributed by atoms with Crippen LogP contribution < -0.4 is 16.0 Å². The van der Waals surface area contributed by atoms with Gasteiger partial charge in [-0.15, -0.1) is 0 Å². The number of amides is 3. The lowest BCUT2D eigenvalue weighted by molar-refractivity contribution is -0.125. The van der Waals surface area contributed by atoms with Crippen molar-refractivity contribution >= 4 is 17.6 Å². The lowest BCUT2D eigenvalue weighted by Gasteiger charge is -2.36. The second-order valence-electron chi connectivity index (χ2n) is 7.80. The number of aliphatic hydroxyl groups is 1. The number of benzene rings is 1. The Bertz CT molecular complexity index is 696. The van der Waals surface area contributed by atoms with Crippen LogP contribution in [0.1, 0.15) is 44.9 Å². The predicted molar refractivity (Wildman–Crippen MR) is 107 cm³/mol. The van der Waals surface area contributed by atoms with E-state index in [1.54, 1.807) is 12.1 Å². The van der Waals surface area contributed by atoms with Crippen molar-refractivity contribution < 1.29 is 23.8 Å². The third-order valence-corrected chi connectivity index (χ3v) is 5.73. The highest BCUT2D eigenvalue weighted by molar-refractivity contribution is 5.89. The molecule has 3 amide bonds. The van der Waals surface area contributed by atoms with E-state index in [1.165, 1.54) is 12.1 Å². The van der Waals surface area contributed by atoms with Crippen molar-refractivity contribution in [3.63, 3.8) is 0 Å². The molecule has 4 N–H and O–H groups in total. The van der Waals surface area contributed by atoms with Gasteiger partial charge in [-0.25, -0.2) is 9.18 Å². The minimum absolute atomic E-state index is 0.0799. The zero-order chi connectivity index (χ0) is 20.6. The molecule has 1 aromatic rings. The molecule has 2 aliphatic rings. The highest BCUT2D eigenvalue weighted by atomic mass is 19.1. The number of rotatable bonds is 7. The number of aliphatic hydroxyl groups excluding tert-OH is 1. The summed E-state index contributed by atoms with van der Waals surface area (Å²) in [6.07, 6.45) is 5.60. The molecule has 1 saturated heterocycles. The summed E-state index contributed by atoms with van der Waals surface area (Å²) in [5.41, 5.74) is 0.0955. The van der Waals surface area contributed by atoms with Crippen LogP contribution in [0.15, 0.2) is 24.3 Å². The number of hydrogen-bond acceptors (Lipinski definition) is 4. The van der Waals surface area contributed by atoms with Gasteiger partial charge < -0.3 is 25.8 Å². The maximum absolute atomic E-state index is 13.7. The molecule has 8 heteroatoms. The van der Waals surface area contributed by atoms with Gasteiger partial charge in [0.2, 0.25) is 5.91 Å². The van der Waals surface area contributed by atoms with E-state index < -0.39 is 18.0 Å². The van der Waals surface area contributed by atoms with Crippen molar-refractivity contribution in [3.8, 4) is 0 Å². The fourth-order valence-electron chi connectivity index (χ4n) is 4.09. The van der Waals surface area contributed by atoms with E-state index in [9.17, 15) is 19.1 Å². The fourth-order valence-corrected chi connectivity index (χ4v) is 4.09. The summed E-state index contributed by atoms with van der Waals surface area (Å²) in [4.78, 5) is 24.3. The Kier molecular flexibility index (Phi) is 7.83. The molecule has 2 fully saturated rings. The summed E-state index contributed by atoms with van der Waals surface area (Å²) in [6, 6.07) is 5.03. The van der Waals surface area contributed by atoms with E-state index in [0.717, 1.165) is 25.7 Å². The van der Waals surface area contributed by atoms with Crippen molar-refractivity contribution in [2.45, 2.75) is 63.2 Å². The molecule has 1 aliphatic carbocycles. The first-order valence-electron chi connectivity index (χ1n) is 10.4. The van der Waals surface area contributed by atoms with Gasteiger partial charge in [0, 0.05) is 12.5 Å². The average Bonchev–Trinajstić information content (AvgIpc) is 3.25. The SMILES string of the molecule is O=C(Nc1ccccc1F)N[C@@H]1CC[C@@H](CCNC(=O)C2CCCC2)O[C@H]1CO. The molecule has 7 nitrogen and oxygen atoms in total. The van der Waals surface area contributed by atoms with E-state index >= 15 is 0 Å². The van der Waals surface area contributed by atoms with Gasteiger partial charge in [0.25, 0.3) is 0 Å². The van der Waals surface area contributed by atoms with E-state index in [2.05, 4.69) is 16.0 Å². The number of ether oxygens (including phenoxy) is 1. The second kappa shape index (κ2) is 10.5. The standard InChI is InChI=1S/C21H30FN3O4/c22-16-7-3-4-8-17(16)24-21(28)25-18-10-9-15(29-19(18)13-26)11-12-23-20(27)14-5-1-2-6-14/h3-4,7-8,14-15,18-19,26H,1-2,5-6,9-13H2,(H,23,27)(H2,24,25,28)/t15-,18+,19-/m0/s1. The third-order valence-electron chi connectivity index (χ3n) is 5.73. The van der Waals surface area contributed by atoms with Gasteiger partial charge in [0.1, 0.15) is 11.9 Å². The number of anilines is 1. The fraction of sp³-hybridized carbons (Fsp3) is 0.619. The minimum atomic E-state index is -0.538. The maximum Gasteiger partial charge on any atom is 0.319 e.